The Morgan fingerprint density at radius 2 is 1.80 bits per heavy atom. The predicted octanol–water partition coefficient (Wildman–Crippen LogP) is 4.95. The van der Waals surface area contributed by atoms with Gasteiger partial charge in [-0.25, -0.2) is 0 Å². The topological polar surface area (TPSA) is 12.9 Å². The van der Waals surface area contributed by atoms with Crippen molar-refractivity contribution in [3.8, 4) is 0 Å². The van der Waals surface area contributed by atoms with E-state index in [0.29, 0.717) is 5.92 Å². The minimum absolute atomic E-state index is 0.325. The molecule has 3 rings (SSSR count). The maximum Gasteiger partial charge on any atom is 0.0475 e. The molecule has 0 saturated heterocycles. The Hall–Kier alpha value is -2.15. The summed E-state index contributed by atoms with van der Waals surface area (Å²) in [5.74, 6) is 0.325. The second-order valence-corrected chi connectivity index (χ2v) is 5.27. The molecular formula is C19H19N. The fourth-order valence-corrected chi connectivity index (χ4v) is 2.61. The molecule has 0 N–H and O–H groups in total. The summed E-state index contributed by atoms with van der Waals surface area (Å²) < 4.78 is 0. The van der Waals surface area contributed by atoms with Crippen LogP contribution in [0.2, 0.25) is 0 Å². The van der Waals surface area contributed by atoms with Crippen LogP contribution in [0.5, 0.6) is 0 Å². The van der Waals surface area contributed by atoms with Gasteiger partial charge in [-0.1, -0.05) is 56.3 Å². The first-order valence-corrected chi connectivity index (χ1v) is 7.21. The molecule has 0 amide bonds. The van der Waals surface area contributed by atoms with Crippen LogP contribution in [0.25, 0.3) is 10.8 Å². The van der Waals surface area contributed by atoms with Crippen molar-refractivity contribution >= 4 is 10.8 Å². The third-order valence-electron chi connectivity index (χ3n) is 3.97. The molecule has 0 aliphatic heterocycles. The van der Waals surface area contributed by atoms with E-state index in [1.807, 2.05) is 12.3 Å². The SMILES string of the molecule is CCc1ccc2ccc(C(C)c3ccccn3)cc2c1. The molecule has 0 fully saturated rings. The molecule has 1 heterocycles. The van der Waals surface area contributed by atoms with E-state index in [0.717, 1.165) is 12.1 Å². The molecule has 0 radical (unpaired) electrons. The predicted molar refractivity (Wildman–Crippen MR) is 85.1 cm³/mol. The fraction of sp³-hybridized carbons (Fsp3) is 0.211. The second-order valence-electron chi connectivity index (χ2n) is 5.27. The molecule has 3 aromatic rings. The lowest BCUT2D eigenvalue weighted by molar-refractivity contribution is 0.873. The summed E-state index contributed by atoms with van der Waals surface area (Å²) in [5, 5.41) is 2.63. The first-order chi connectivity index (χ1) is 9.78. The van der Waals surface area contributed by atoms with Gasteiger partial charge in [0.1, 0.15) is 0 Å². The largest absolute Gasteiger partial charge is 0.261 e. The van der Waals surface area contributed by atoms with Crippen molar-refractivity contribution in [1.29, 1.82) is 0 Å². The third-order valence-corrected chi connectivity index (χ3v) is 3.97. The lowest BCUT2D eigenvalue weighted by Crippen LogP contribution is -1.98. The van der Waals surface area contributed by atoms with Gasteiger partial charge in [0, 0.05) is 17.8 Å². The number of pyridine rings is 1. The quantitative estimate of drug-likeness (QED) is 0.650. The average Bonchev–Trinajstić information content (AvgIpc) is 2.54. The highest BCUT2D eigenvalue weighted by Gasteiger charge is 2.09. The van der Waals surface area contributed by atoms with Crippen molar-refractivity contribution in [2.45, 2.75) is 26.2 Å². The monoisotopic (exact) mass is 261 g/mol. The Kier molecular flexibility index (Phi) is 3.51. The van der Waals surface area contributed by atoms with Crippen LogP contribution < -0.4 is 0 Å². The molecule has 1 heteroatoms. The summed E-state index contributed by atoms with van der Waals surface area (Å²) in [4.78, 5) is 4.47. The lowest BCUT2D eigenvalue weighted by Gasteiger charge is -2.12. The van der Waals surface area contributed by atoms with Crippen LogP contribution in [0.3, 0.4) is 0 Å². The number of hydrogen-bond donors (Lipinski definition) is 0. The van der Waals surface area contributed by atoms with E-state index in [2.05, 4.69) is 67.4 Å². The molecule has 2 aromatic carbocycles. The summed E-state index contributed by atoms with van der Waals surface area (Å²) in [5.41, 5.74) is 3.84. The van der Waals surface area contributed by atoms with Gasteiger partial charge in [-0.05, 0) is 40.5 Å². The molecular weight excluding hydrogens is 242 g/mol. The summed E-state index contributed by atoms with van der Waals surface area (Å²) in [6, 6.07) is 19.6. The average molecular weight is 261 g/mol. The fourth-order valence-electron chi connectivity index (χ4n) is 2.61. The normalized spacial score (nSPS) is 12.5. The molecule has 1 atom stereocenters. The van der Waals surface area contributed by atoms with Gasteiger partial charge in [0.2, 0.25) is 0 Å². The number of hydrogen-bond acceptors (Lipinski definition) is 1. The standard InChI is InChI=1S/C19H19N/c1-3-15-7-8-16-9-10-17(13-18(16)12-15)14(2)19-6-4-5-11-20-19/h4-14H,3H2,1-2H3. The lowest BCUT2D eigenvalue weighted by atomic mass is 9.94. The van der Waals surface area contributed by atoms with E-state index < -0.39 is 0 Å². The summed E-state index contributed by atoms with van der Waals surface area (Å²) in [6.45, 7) is 4.41. The molecule has 0 aliphatic carbocycles. The van der Waals surface area contributed by atoms with E-state index >= 15 is 0 Å². The van der Waals surface area contributed by atoms with Gasteiger partial charge in [0.05, 0.1) is 0 Å². The minimum atomic E-state index is 0.325. The molecule has 20 heavy (non-hydrogen) atoms. The third kappa shape index (κ3) is 2.44. The minimum Gasteiger partial charge on any atom is -0.261 e. The number of aryl methyl sites for hydroxylation is 1. The number of aromatic nitrogens is 1. The van der Waals surface area contributed by atoms with Crippen LogP contribution in [0, 0.1) is 0 Å². The molecule has 0 saturated carbocycles. The van der Waals surface area contributed by atoms with Crippen LogP contribution in [0.15, 0.2) is 60.8 Å². The second kappa shape index (κ2) is 5.46. The zero-order valence-electron chi connectivity index (χ0n) is 12.0. The summed E-state index contributed by atoms with van der Waals surface area (Å²) >= 11 is 0. The van der Waals surface area contributed by atoms with Gasteiger partial charge >= 0.3 is 0 Å². The highest BCUT2D eigenvalue weighted by atomic mass is 14.7. The van der Waals surface area contributed by atoms with E-state index in [-0.39, 0.29) is 0 Å². The van der Waals surface area contributed by atoms with Gasteiger partial charge in [-0.3, -0.25) is 4.98 Å². The van der Waals surface area contributed by atoms with E-state index in [1.54, 1.807) is 0 Å². The van der Waals surface area contributed by atoms with Gasteiger partial charge in [-0.2, -0.15) is 0 Å². The van der Waals surface area contributed by atoms with Crippen molar-refractivity contribution in [3.63, 3.8) is 0 Å². The van der Waals surface area contributed by atoms with Crippen molar-refractivity contribution in [2.75, 3.05) is 0 Å². The van der Waals surface area contributed by atoms with Gasteiger partial charge in [0.15, 0.2) is 0 Å². The first-order valence-electron chi connectivity index (χ1n) is 7.21. The van der Waals surface area contributed by atoms with Crippen LogP contribution in [0.1, 0.15) is 36.6 Å². The molecule has 1 aromatic heterocycles. The molecule has 0 aliphatic rings. The maximum atomic E-state index is 4.47. The maximum absolute atomic E-state index is 4.47. The highest BCUT2D eigenvalue weighted by molar-refractivity contribution is 5.84. The Morgan fingerprint density at radius 3 is 2.55 bits per heavy atom. The van der Waals surface area contributed by atoms with Crippen molar-refractivity contribution < 1.29 is 0 Å². The number of rotatable bonds is 3. The van der Waals surface area contributed by atoms with Crippen LogP contribution in [-0.2, 0) is 6.42 Å². The zero-order valence-corrected chi connectivity index (χ0v) is 12.0. The Balaban J connectivity index is 2.03. The Bertz CT molecular complexity index is 716. The van der Waals surface area contributed by atoms with Crippen LogP contribution >= 0.6 is 0 Å². The Morgan fingerprint density at radius 1 is 0.950 bits per heavy atom. The summed E-state index contributed by atoms with van der Waals surface area (Å²) in [7, 11) is 0. The molecule has 0 bridgehead atoms. The molecule has 0 spiro atoms. The van der Waals surface area contributed by atoms with Gasteiger partial charge < -0.3 is 0 Å². The zero-order chi connectivity index (χ0) is 13.9. The van der Waals surface area contributed by atoms with Crippen molar-refractivity contribution in [3.05, 3.63) is 77.6 Å². The molecule has 100 valence electrons. The van der Waals surface area contributed by atoms with Crippen molar-refractivity contribution in [1.82, 2.24) is 4.98 Å². The van der Waals surface area contributed by atoms with Crippen LogP contribution in [-0.4, -0.2) is 4.98 Å². The van der Waals surface area contributed by atoms with Crippen LogP contribution in [0.4, 0.5) is 0 Å². The number of benzene rings is 2. The number of nitrogens with zero attached hydrogens (tertiary/aromatic N) is 1. The highest BCUT2D eigenvalue weighted by Crippen LogP contribution is 2.26. The number of fused-ring (bicyclic) bond motifs is 1. The molecule has 1 unspecified atom stereocenters. The summed E-state index contributed by atoms with van der Waals surface area (Å²) in [6.07, 6.45) is 2.94. The van der Waals surface area contributed by atoms with Crippen molar-refractivity contribution in [2.24, 2.45) is 0 Å². The van der Waals surface area contributed by atoms with Gasteiger partial charge in [-0.15, -0.1) is 0 Å². The molecule has 1 nitrogen and oxygen atoms in total. The van der Waals surface area contributed by atoms with E-state index in [9.17, 15) is 0 Å². The first kappa shape index (κ1) is 12.9. The van der Waals surface area contributed by atoms with Gasteiger partial charge in [0.25, 0.3) is 0 Å². The Labute approximate surface area is 120 Å². The smallest absolute Gasteiger partial charge is 0.0475 e. The van der Waals surface area contributed by atoms with E-state index in [4.69, 9.17) is 0 Å². The van der Waals surface area contributed by atoms with E-state index in [1.165, 1.54) is 21.9 Å².